The van der Waals surface area contributed by atoms with Crippen LogP contribution in [-0.2, 0) is 19.2 Å². The van der Waals surface area contributed by atoms with E-state index in [1.54, 1.807) is 67.6 Å². The number of ether oxygens (including phenoxy) is 1. The molecule has 222 valence electrons. The van der Waals surface area contributed by atoms with Gasteiger partial charge in [0.1, 0.15) is 11.5 Å². The zero-order valence-electron chi connectivity index (χ0n) is 24.5. The van der Waals surface area contributed by atoms with Crippen LogP contribution in [0.4, 0.5) is 11.4 Å². The summed E-state index contributed by atoms with van der Waals surface area (Å²) in [7, 11) is 1.50. The van der Waals surface area contributed by atoms with Crippen LogP contribution >= 0.6 is 0 Å². The number of amides is 4. The Hall–Kier alpha value is -4.98. The van der Waals surface area contributed by atoms with Crippen molar-refractivity contribution in [2.24, 2.45) is 29.1 Å². The summed E-state index contributed by atoms with van der Waals surface area (Å²) >= 11 is 0. The molecule has 2 saturated heterocycles. The van der Waals surface area contributed by atoms with Crippen molar-refractivity contribution >= 4 is 41.1 Å². The summed E-state index contributed by atoms with van der Waals surface area (Å²) in [4.78, 5) is 59.3. The van der Waals surface area contributed by atoms with Crippen LogP contribution in [0.5, 0.6) is 11.5 Å². The normalized spacial score (nSPS) is 29.2. The molecule has 0 unspecified atom stereocenters. The predicted octanol–water partition coefficient (Wildman–Crippen LogP) is 5.48. The fraction of sp³-hybridized carbons (Fsp3) is 0.278. The van der Waals surface area contributed by atoms with Crippen LogP contribution < -0.4 is 14.5 Å². The Morgan fingerprint density at radius 3 is 2.25 bits per heavy atom. The molecular formula is C36H32N2O6. The molecule has 0 radical (unpaired) electrons. The van der Waals surface area contributed by atoms with E-state index >= 15 is 0 Å². The summed E-state index contributed by atoms with van der Waals surface area (Å²) in [5.41, 5.74) is 1.74. The maximum atomic E-state index is 14.5. The number of benzene rings is 3. The second kappa shape index (κ2) is 10.0. The molecule has 4 aliphatic rings. The van der Waals surface area contributed by atoms with Gasteiger partial charge in [-0.1, -0.05) is 60.7 Å². The second-order valence-corrected chi connectivity index (χ2v) is 12.2. The number of allylic oxidation sites excluding steroid dienone is 2. The summed E-state index contributed by atoms with van der Waals surface area (Å²) in [6.45, 7) is 5.56. The van der Waals surface area contributed by atoms with Crippen molar-refractivity contribution in [2.75, 3.05) is 16.9 Å². The lowest BCUT2D eigenvalue weighted by molar-refractivity contribution is -0.131. The van der Waals surface area contributed by atoms with Crippen LogP contribution in [0.15, 0.2) is 91.0 Å². The largest absolute Gasteiger partial charge is 0.508 e. The third kappa shape index (κ3) is 3.69. The van der Waals surface area contributed by atoms with Gasteiger partial charge >= 0.3 is 0 Å². The van der Waals surface area contributed by atoms with Crippen molar-refractivity contribution in [1.82, 2.24) is 0 Å². The number of nitrogens with zero attached hydrogens (tertiary/aromatic N) is 2. The highest BCUT2D eigenvalue weighted by Gasteiger charge is 2.68. The monoisotopic (exact) mass is 588 g/mol. The molecule has 0 bridgehead atoms. The van der Waals surface area contributed by atoms with Crippen LogP contribution in [0.3, 0.4) is 0 Å². The quantitative estimate of drug-likeness (QED) is 0.313. The summed E-state index contributed by atoms with van der Waals surface area (Å²) in [6, 6.07) is 20.8. The highest BCUT2D eigenvalue weighted by Crippen LogP contribution is 2.65. The fourth-order valence-corrected chi connectivity index (χ4v) is 8.16. The molecule has 2 heterocycles. The number of carbonyl (C=O) groups is 4. The topological polar surface area (TPSA) is 104 Å². The molecule has 0 spiro atoms. The van der Waals surface area contributed by atoms with Gasteiger partial charge in [-0.2, -0.15) is 0 Å². The van der Waals surface area contributed by atoms with Gasteiger partial charge in [-0.15, -0.1) is 0 Å². The number of aromatic hydroxyl groups is 1. The second-order valence-electron chi connectivity index (χ2n) is 12.2. The van der Waals surface area contributed by atoms with E-state index in [1.165, 1.54) is 16.9 Å². The van der Waals surface area contributed by atoms with Gasteiger partial charge < -0.3 is 9.84 Å². The van der Waals surface area contributed by atoms with Gasteiger partial charge in [-0.3, -0.25) is 24.1 Å². The average molecular weight is 589 g/mol. The lowest BCUT2D eigenvalue weighted by atomic mass is 9.51. The van der Waals surface area contributed by atoms with Crippen molar-refractivity contribution in [3.8, 4) is 11.5 Å². The minimum absolute atomic E-state index is 0.0610. The highest BCUT2D eigenvalue weighted by atomic mass is 16.5. The molecule has 44 heavy (non-hydrogen) atoms. The Morgan fingerprint density at radius 1 is 0.864 bits per heavy atom. The number of hydrogen-bond donors (Lipinski definition) is 1. The van der Waals surface area contributed by atoms with Crippen molar-refractivity contribution in [3.63, 3.8) is 0 Å². The van der Waals surface area contributed by atoms with Crippen molar-refractivity contribution < 1.29 is 29.0 Å². The zero-order chi connectivity index (χ0) is 30.9. The number of rotatable bonds is 5. The van der Waals surface area contributed by atoms with E-state index in [0.29, 0.717) is 29.1 Å². The van der Waals surface area contributed by atoms with Crippen molar-refractivity contribution in [1.29, 1.82) is 0 Å². The van der Waals surface area contributed by atoms with E-state index in [2.05, 4.69) is 6.58 Å². The van der Waals surface area contributed by atoms with Crippen molar-refractivity contribution in [2.45, 2.75) is 25.7 Å². The smallest absolute Gasteiger partial charge is 0.241 e. The SMILES string of the molecule is C=Cc1ccc(N2C(=O)[C@H]3[C@H](CC=C4[C@H]3C[C@H]3C(=O)N(c5ccccc5)C(=O)[C@@]3(C)[C@H]4c3c(O)cccc3OC)C2=O)cc1. The Kier molecular flexibility index (Phi) is 6.35. The third-order valence-electron chi connectivity index (χ3n) is 10.2. The molecule has 8 nitrogen and oxygen atoms in total. The molecule has 1 N–H and O–H groups in total. The summed E-state index contributed by atoms with van der Waals surface area (Å²) < 4.78 is 5.71. The first-order chi connectivity index (χ1) is 21.2. The number of para-hydroxylation sites is 1. The van der Waals surface area contributed by atoms with Crippen molar-refractivity contribution in [3.05, 3.63) is 102 Å². The first-order valence-corrected chi connectivity index (χ1v) is 14.8. The highest BCUT2D eigenvalue weighted by molar-refractivity contribution is 6.25. The van der Waals surface area contributed by atoms with E-state index in [9.17, 15) is 24.3 Å². The number of fused-ring (bicyclic) bond motifs is 4. The molecule has 2 aliphatic carbocycles. The first-order valence-electron chi connectivity index (χ1n) is 14.8. The Morgan fingerprint density at radius 2 is 1.57 bits per heavy atom. The van der Waals surface area contributed by atoms with Gasteiger partial charge in [0.25, 0.3) is 0 Å². The Balaban J connectivity index is 1.38. The van der Waals surface area contributed by atoms with Crippen LogP contribution in [0, 0.1) is 29.1 Å². The summed E-state index contributed by atoms with van der Waals surface area (Å²) in [5.74, 6) is -4.34. The number of hydrogen-bond acceptors (Lipinski definition) is 6. The lowest BCUT2D eigenvalue weighted by Crippen LogP contribution is -2.49. The van der Waals surface area contributed by atoms with Gasteiger partial charge in [-0.25, -0.2) is 4.90 Å². The maximum Gasteiger partial charge on any atom is 0.241 e. The van der Waals surface area contributed by atoms with E-state index in [4.69, 9.17) is 4.74 Å². The van der Waals surface area contributed by atoms with Gasteiger partial charge in [0.2, 0.25) is 23.6 Å². The zero-order valence-corrected chi connectivity index (χ0v) is 24.5. The number of phenols is 1. The van der Waals surface area contributed by atoms with E-state index in [0.717, 1.165) is 11.1 Å². The van der Waals surface area contributed by atoms with Crippen LogP contribution in [-0.4, -0.2) is 35.8 Å². The first kappa shape index (κ1) is 27.8. The molecule has 3 fully saturated rings. The molecule has 3 aromatic rings. The molecule has 8 heteroatoms. The molecule has 3 aromatic carbocycles. The van der Waals surface area contributed by atoms with Crippen LogP contribution in [0.1, 0.15) is 36.8 Å². The summed E-state index contributed by atoms with van der Waals surface area (Å²) in [5, 5.41) is 11.3. The standard InChI is InChI=1S/C36H32N2O6/c1-4-20-13-15-22(16-14-20)37-32(40)24-18-17-23-25(29(24)34(37)42)19-26-33(41)38(21-9-6-5-7-10-21)35(43)36(26,2)31(23)30-27(39)11-8-12-28(30)44-3/h4-17,24-26,29,31,39H,1,18-19H2,2-3H3/t24-,25+,26-,29-,31+,36+/m0/s1. The molecule has 2 aliphatic heterocycles. The molecule has 1 saturated carbocycles. The minimum atomic E-state index is -1.28. The Labute approximate surface area is 255 Å². The van der Waals surface area contributed by atoms with Gasteiger partial charge in [0.15, 0.2) is 0 Å². The van der Waals surface area contributed by atoms with E-state index in [1.807, 2.05) is 24.3 Å². The lowest BCUT2D eigenvalue weighted by Gasteiger charge is -2.49. The van der Waals surface area contributed by atoms with Gasteiger partial charge in [-0.05, 0) is 67.6 Å². The van der Waals surface area contributed by atoms with Gasteiger partial charge in [0.05, 0.1) is 41.7 Å². The van der Waals surface area contributed by atoms with Crippen LogP contribution in [0.25, 0.3) is 6.08 Å². The Bertz CT molecular complexity index is 1760. The number of carbonyl (C=O) groups excluding carboxylic acids is 4. The molecule has 6 atom stereocenters. The summed E-state index contributed by atoms with van der Waals surface area (Å²) in [6.07, 6.45) is 4.19. The number of imide groups is 2. The average Bonchev–Trinajstić information content (AvgIpc) is 3.41. The number of methoxy groups -OCH3 is 1. The number of anilines is 2. The fourth-order valence-electron chi connectivity index (χ4n) is 8.16. The minimum Gasteiger partial charge on any atom is -0.508 e. The molecule has 4 amide bonds. The maximum absolute atomic E-state index is 14.5. The predicted molar refractivity (Wildman–Crippen MR) is 165 cm³/mol. The molecule has 7 rings (SSSR count). The molecule has 0 aromatic heterocycles. The van der Waals surface area contributed by atoms with E-state index in [-0.39, 0.29) is 35.8 Å². The molecular weight excluding hydrogens is 556 g/mol. The number of phenolic OH excluding ortho intramolecular Hbond substituents is 1. The van der Waals surface area contributed by atoms with E-state index < -0.39 is 35.0 Å². The third-order valence-corrected chi connectivity index (χ3v) is 10.2. The van der Waals surface area contributed by atoms with Gasteiger partial charge in [0, 0.05) is 11.5 Å². The van der Waals surface area contributed by atoms with Crippen LogP contribution in [0.2, 0.25) is 0 Å².